The molecule has 5 rings (SSSR count). The highest BCUT2D eigenvalue weighted by molar-refractivity contribution is 6.07. The van der Waals surface area contributed by atoms with Crippen LogP contribution in [0.2, 0.25) is 0 Å². The number of rotatable bonds is 7. The summed E-state index contributed by atoms with van der Waals surface area (Å²) in [5, 5.41) is 13.3. The first-order chi connectivity index (χ1) is 17.1. The van der Waals surface area contributed by atoms with Gasteiger partial charge in [-0.25, -0.2) is 10.4 Å². The first-order valence-electron chi connectivity index (χ1n) is 12.3. The van der Waals surface area contributed by atoms with E-state index in [4.69, 9.17) is 14.4 Å². The van der Waals surface area contributed by atoms with Gasteiger partial charge in [-0.1, -0.05) is 13.0 Å². The monoisotopic (exact) mass is 471 g/mol. The number of piperidine rings is 1. The third kappa shape index (κ3) is 5.20. The summed E-state index contributed by atoms with van der Waals surface area (Å²) in [4.78, 5) is 18.7. The fourth-order valence-electron chi connectivity index (χ4n) is 4.70. The van der Waals surface area contributed by atoms with Crippen LogP contribution >= 0.6 is 0 Å². The molecular weight excluding hydrogens is 442 g/mol. The number of oxazole rings is 1. The van der Waals surface area contributed by atoms with Crippen LogP contribution in [0.4, 0.5) is 0 Å². The van der Waals surface area contributed by atoms with E-state index in [1.54, 1.807) is 0 Å². The summed E-state index contributed by atoms with van der Waals surface area (Å²) in [6.45, 7) is 5.46. The molecule has 1 fully saturated rings. The minimum Gasteiger partial charge on any atom is -0.492 e. The Morgan fingerprint density at radius 1 is 1.17 bits per heavy atom. The maximum atomic E-state index is 11.7. The first kappa shape index (κ1) is 23.1. The average Bonchev–Trinajstić information content (AvgIpc) is 3.33. The number of carbonyl (C=O) groups excluding carboxylic acids is 1. The van der Waals surface area contributed by atoms with Gasteiger partial charge in [-0.3, -0.25) is 9.69 Å². The van der Waals surface area contributed by atoms with Crippen LogP contribution in [0.1, 0.15) is 38.2 Å². The predicted octanol–water partition coefficient (Wildman–Crippen LogP) is 4.36. The van der Waals surface area contributed by atoms with Crippen molar-refractivity contribution in [2.45, 2.75) is 32.6 Å². The molecule has 2 aliphatic rings. The molecule has 35 heavy (non-hydrogen) atoms. The number of nitriles is 1. The van der Waals surface area contributed by atoms with Crippen molar-refractivity contribution < 1.29 is 13.9 Å². The van der Waals surface area contributed by atoms with E-state index in [0.29, 0.717) is 24.5 Å². The average molecular weight is 472 g/mol. The maximum Gasteiger partial charge on any atom is 0.240 e. The van der Waals surface area contributed by atoms with Crippen LogP contribution < -0.4 is 10.2 Å². The van der Waals surface area contributed by atoms with Crippen LogP contribution in [0.3, 0.4) is 0 Å². The highest BCUT2D eigenvalue weighted by Gasteiger charge is 2.25. The fraction of sp³-hybridized carbons (Fsp3) is 0.407. The molecule has 8 nitrogen and oxygen atoms in total. The lowest BCUT2D eigenvalue weighted by molar-refractivity contribution is -0.122. The molecule has 1 atom stereocenters. The summed E-state index contributed by atoms with van der Waals surface area (Å²) in [6, 6.07) is 16.0. The smallest absolute Gasteiger partial charge is 0.240 e. The molecule has 8 heteroatoms. The molecule has 1 saturated heterocycles. The topological polar surface area (TPSA) is 104 Å². The van der Waals surface area contributed by atoms with E-state index in [9.17, 15) is 4.79 Å². The quantitative estimate of drug-likeness (QED) is 0.549. The molecule has 1 unspecified atom stereocenters. The Hall–Kier alpha value is -3.70. The molecule has 1 aromatic heterocycles. The van der Waals surface area contributed by atoms with Gasteiger partial charge in [0.2, 0.25) is 11.8 Å². The Morgan fingerprint density at radius 2 is 1.94 bits per heavy atom. The first-order valence-corrected chi connectivity index (χ1v) is 12.3. The van der Waals surface area contributed by atoms with Crippen molar-refractivity contribution >= 4 is 22.7 Å². The molecule has 180 valence electrons. The normalized spacial score (nSPS) is 19.3. The molecule has 0 radical (unpaired) electrons. The number of amides is 1. The summed E-state index contributed by atoms with van der Waals surface area (Å²) in [5.41, 5.74) is 6.75. The van der Waals surface area contributed by atoms with Crippen LogP contribution in [0.25, 0.3) is 22.6 Å². The number of likely N-dealkylation sites (tertiary alicyclic amines) is 1. The number of ether oxygens (including phenoxy) is 1. The lowest BCUT2D eigenvalue weighted by Crippen LogP contribution is -2.36. The number of carbonyl (C=O) groups is 1. The number of hydrazone groups is 1. The van der Waals surface area contributed by atoms with Crippen molar-refractivity contribution in [3.63, 3.8) is 0 Å². The highest BCUT2D eigenvalue weighted by Crippen LogP contribution is 2.28. The molecule has 0 spiro atoms. The third-order valence-electron chi connectivity index (χ3n) is 6.84. The molecule has 2 aromatic carbocycles. The summed E-state index contributed by atoms with van der Waals surface area (Å²) in [7, 11) is 0. The Bertz CT molecular complexity index is 1270. The molecule has 3 heterocycles. The number of hydrogen-bond donors (Lipinski definition) is 1. The van der Waals surface area contributed by atoms with Gasteiger partial charge in [-0.2, -0.15) is 10.4 Å². The van der Waals surface area contributed by atoms with Crippen LogP contribution in [-0.2, 0) is 4.79 Å². The van der Waals surface area contributed by atoms with Crippen LogP contribution in [0.5, 0.6) is 5.75 Å². The number of nitrogens with zero attached hydrogens (tertiary/aromatic N) is 4. The zero-order valence-electron chi connectivity index (χ0n) is 19.9. The van der Waals surface area contributed by atoms with Crippen LogP contribution in [0.15, 0.2) is 52.0 Å². The number of fused-ring (bicyclic) bond motifs is 1. The zero-order valence-corrected chi connectivity index (χ0v) is 19.9. The van der Waals surface area contributed by atoms with Crippen molar-refractivity contribution in [2.24, 2.45) is 16.9 Å². The van der Waals surface area contributed by atoms with Gasteiger partial charge in [0.1, 0.15) is 17.9 Å². The van der Waals surface area contributed by atoms with E-state index in [1.165, 1.54) is 0 Å². The second-order valence-corrected chi connectivity index (χ2v) is 9.16. The van der Waals surface area contributed by atoms with Crippen LogP contribution in [0, 0.1) is 23.2 Å². The fourth-order valence-corrected chi connectivity index (χ4v) is 4.70. The minimum absolute atomic E-state index is 0.0451. The maximum absolute atomic E-state index is 11.7. The number of nitrogens with one attached hydrogen (secondary N) is 1. The largest absolute Gasteiger partial charge is 0.492 e. The van der Waals surface area contributed by atoms with Crippen molar-refractivity contribution in [3.8, 4) is 23.3 Å². The standard InChI is InChI=1S/C27H29N5O3/c1-2-19-16-25(33)30-31-26(19)21-5-8-23-24(15-21)35-27(29-23)20-3-6-22(7-4-20)34-14-13-32-11-9-18(17-28)10-12-32/h3-8,15,18-19H,2,9-14,16H2,1H3,(H,30,33). The van der Waals surface area contributed by atoms with Crippen molar-refractivity contribution in [2.75, 3.05) is 26.2 Å². The Labute approximate surface area is 204 Å². The summed E-state index contributed by atoms with van der Waals surface area (Å²) >= 11 is 0. The number of hydrogen-bond acceptors (Lipinski definition) is 7. The number of aromatic nitrogens is 1. The molecule has 3 aromatic rings. The van der Waals surface area contributed by atoms with Crippen LogP contribution in [-0.4, -0.2) is 47.7 Å². The second kappa shape index (κ2) is 10.3. The van der Waals surface area contributed by atoms with Gasteiger partial charge >= 0.3 is 0 Å². The van der Waals surface area contributed by atoms with E-state index in [0.717, 1.165) is 67.0 Å². The van der Waals surface area contributed by atoms with Gasteiger partial charge in [0.15, 0.2) is 5.58 Å². The van der Waals surface area contributed by atoms with Gasteiger partial charge in [-0.05, 0) is 68.8 Å². The Kier molecular flexibility index (Phi) is 6.77. The van der Waals surface area contributed by atoms with Gasteiger partial charge in [0, 0.05) is 35.9 Å². The summed E-state index contributed by atoms with van der Waals surface area (Å²) in [5.74, 6) is 1.61. The van der Waals surface area contributed by atoms with E-state index in [-0.39, 0.29) is 17.7 Å². The van der Waals surface area contributed by atoms with Gasteiger partial charge in [-0.15, -0.1) is 0 Å². The van der Waals surface area contributed by atoms with E-state index in [2.05, 4.69) is 33.4 Å². The Balaban J connectivity index is 1.23. The van der Waals surface area contributed by atoms with Crippen molar-refractivity contribution in [3.05, 3.63) is 48.0 Å². The minimum atomic E-state index is -0.0451. The van der Waals surface area contributed by atoms with E-state index < -0.39 is 0 Å². The SMILES string of the molecule is CCC1CC(=O)NN=C1c1ccc2nc(-c3ccc(OCCN4CCC(C#N)CC4)cc3)oc2c1. The third-order valence-corrected chi connectivity index (χ3v) is 6.84. The molecule has 0 aliphatic carbocycles. The Morgan fingerprint density at radius 3 is 2.69 bits per heavy atom. The van der Waals surface area contributed by atoms with Crippen molar-refractivity contribution in [1.29, 1.82) is 5.26 Å². The van der Waals surface area contributed by atoms with Crippen molar-refractivity contribution in [1.82, 2.24) is 15.3 Å². The van der Waals surface area contributed by atoms with E-state index in [1.807, 2.05) is 42.5 Å². The molecule has 1 amide bonds. The summed E-state index contributed by atoms with van der Waals surface area (Å²) < 4.78 is 12.0. The second-order valence-electron chi connectivity index (χ2n) is 9.16. The lowest BCUT2D eigenvalue weighted by atomic mass is 9.90. The molecule has 1 N–H and O–H groups in total. The van der Waals surface area contributed by atoms with Gasteiger partial charge < -0.3 is 9.15 Å². The number of benzene rings is 2. The zero-order chi connectivity index (χ0) is 24.2. The molecule has 2 aliphatic heterocycles. The van der Waals surface area contributed by atoms with Gasteiger partial charge in [0.25, 0.3) is 0 Å². The molecular formula is C27H29N5O3. The summed E-state index contributed by atoms with van der Waals surface area (Å²) in [6.07, 6.45) is 3.19. The predicted molar refractivity (Wildman–Crippen MR) is 133 cm³/mol. The molecule has 0 bridgehead atoms. The van der Waals surface area contributed by atoms with E-state index >= 15 is 0 Å². The lowest BCUT2D eigenvalue weighted by Gasteiger charge is -2.28. The highest BCUT2D eigenvalue weighted by atomic mass is 16.5. The van der Waals surface area contributed by atoms with Gasteiger partial charge in [0.05, 0.1) is 11.8 Å². The molecule has 0 saturated carbocycles.